The largest absolute Gasteiger partial charge is 0.480 e. The molecule has 0 fully saturated rings. The Morgan fingerprint density at radius 3 is 2.46 bits per heavy atom. The average molecular weight is 386 g/mol. The molecule has 0 spiro atoms. The first-order valence-electron chi connectivity index (χ1n) is 9.14. The number of carboxylic acid groups (broad SMARTS) is 1. The molecule has 2 aromatic rings. The number of hydrogen-bond donors (Lipinski definition) is 3. The third kappa shape index (κ3) is 5.94. The Morgan fingerprint density at radius 2 is 1.86 bits per heavy atom. The lowest BCUT2D eigenvalue weighted by molar-refractivity contribution is -0.142. The number of amides is 2. The van der Waals surface area contributed by atoms with Crippen LogP contribution < -0.4 is 10.6 Å². The van der Waals surface area contributed by atoms with Crippen molar-refractivity contribution in [2.45, 2.75) is 39.8 Å². The number of carbonyl (C=O) groups is 3. The van der Waals surface area contributed by atoms with Crippen LogP contribution in [0.25, 0.3) is 0 Å². The smallest absolute Gasteiger partial charge is 0.326 e. The maximum absolute atomic E-state index is 12.4. The van der Waals surface area contributed by atoms with Crippen LogP contribution in [0.4, 0.5) is 0 Å². The fourth-order valence-corrected chi connectivity index (χ4v) is 2.78. The number of nitrogens with one attached hydrogen (secondary N) is 2. The molecular weight excluding hydrogens is 360 g/mol. The zero-order chi connectivity index (χ0) is 20.7. The summed E-state index contributed by atoms with van der Waals surface area (Å²) in [7, 11) is 0. The van der Waals surface area contributed by atoms with E-state index >= 15 is 0 Å². The highest BCUT2D eigenvalue weighted by atomic mass is 16.4. The highest BCUT2D eigenvalue weighted by molar-refractivity contribution is 5.97. The van der Waals surface area contributed by atoms with Crippen LogP contribution in [-0.2, 0) is 16.1 Å². The summed E-state index contributed by atoms with van der Waals surface area (Å²) in [5, 5.41) is 18.4. The lowest BCUT2D eigenvalue weighted by atomic mass is 10.0. The molecule has 1 aromatic carbocycles. The molecule has 2 amide bonds. The summed E-state index contributed by atoms with van der Waals surface area (Å²) in [4.78, 5) is 35.6. The predicted molar refractivity (Wildman–Crippen MR) is 104 cm³/mol. The van der Waals surface area contributed by atoms with Crippen LogP contribution in [0, 0.1) is 12.8 Å². The van der Waals surface area contributed by atoms with Gasteiger partial charge in [0.15, 0.2) is 0 Å². The van der Waals surface area contributed by atoms with Crippen molar-refractivity contribution < 1.29 is 19.5 Å². The number of aliphatic carboxylic acids is 1. The van der Waals surface area contributed by atoms with Crippen LogP contribution in [0.15, 0.2) is 36.5 Å². The van der Waals surface area contributed by atoms with Gasteiger partial charge in [0.1, 0.15) is 6.04 Å². The topological polar surface area (TPSA) is 113 Å². The van der Waals surface area contributed by atoms with Crippen LogP contribution in [0.1, 0.15) is 41.9 Å². The number of carboxylic acids is 1. The Bertz CT molecular complexity index is 830. The van der Waals surface area contributed by atoms with Crippen molar-refractivity contribution in [1.29, 1.82) is 0 Å². The number of rotatable bonds is 9. The third-order valence-corrected chi connectivity index (χ3v) is 4.27. The van der Waals surface area contributed by atoms with E-state index in [1.54, 1.807) is 11.6 Å². The Hall–Kier alpha value is -3.16. The van der Waals surface area contributed by atoms with Crippen LogP contribution in [0.5, 0.6) is 0 Å². The first-order chi connectivity index (χ1) is 13.3. The molecule has 0 saturated heterocycles. The van der Waals surface area contributed by atoms with Crippen molar-refractivity contribution >= 4 is 17.8 Å². The molecule has 0 aliphatic heterocycles. The second-order valence-electron chi connectivity index (χ2n) is 7.06. The second-order valence-corrected chi connectivity index (χ2v) is 7.06. The van der Waals surface area contributed by atoms with Gasteiger partial charge in [-0.25, -0.2) is 4.79 Å². The molecule has 8 heteroatoms. The number of carbonyl (C=O) groups excluding carboxylic acids is 2. The SMILES string of the molecule is Cc1c(C(=O)NCC(=O)N[C@@H](CC(C)C)C(=O)O)cnn1Cc1ccccc1. The fraction of sp³-hybridized carbons (Fsp3) is 0.400. The highest BCUT2D eigenvalue weighted by Crippen LogP contribution is 2.10. The zero-order valence-corrected chi connectivity index (χ0v) is 16.3. The second kappa shape index (κ2) is 9.68. The van der Waals surface area contributed by atoms with Gasteiger partial charge in [-0.2, -0.15) is 5.10 Å². The van der Waals surface area contributed by atoms with Gasteiger partial charge in [-0.3, -0.25) is 14.3 Å². The van der Waals surface area contributed by atoms with E-state index in [1.165, 1.54) is 6.20 Å². The van der Waals surface area contributed by atoms with Gasteiger partial charge in [0.05, 0.1) is 24.8 Å². The molecule has 1 atom stereocenters. The Morgan fingerprint density at radius 1 is 1.18 bits per heavy atom. The van der Waals surface area contributed by atoms with Crippen molar-refractivity contribution in [2.24, 2.45) is 5.92 Å². The van der Waals surface area contributed by atoms with Gasteiger partial charge in [0.25, 0.3) is 5.91 Å². The molecule has 0 saturated carbocycles. The minimum absolute atomic E-state index is 0.120. The van der Waals surface area contributed by atoms with E-state index in [2.05, 4.69) is 15.7 Å². The lowest BCUT2D eigenvalue weighted by Gasteiger charge is -2.16. The number of aromatic nitrogens is 2. The van der Waals surface area contributed by atoms with Gasteiger partial charge in [-0.15, -0.1) is 0 Å². The van der Waals surface area contributed by atoms with Crippen molar-refractivity contribution in [3.63, 3.8) is 0 Å². The molecule has 150 valence electrons. The van der Waals surface area contributed by atoms with Crippen molar-refractivity contribution in [2.75, 3.05) is 6.54 Å². The Kier molecular flexibility index (Phi) is 7.31. The van der Waals surface area contributed by atoms with Crippen molar-refractivity contribution in [3.8, 4) is 0 Å². The van der Waals surface area contributed by atoms with Crippen LogP contribution >= 0.6 is 0 Å². The van der Waals surface area contributed by atoms with Gasteiger partial charge in [-0.1, -0.05) is 44.2 Å². The van der Waals surface area contributed by atoms with Gasteiger partial charge >= 0.3 is 5.97 Å². The first kappa shape index (κ1) is 21.1. The molecule has 0 aliphatic rings. The average Bonchev–Trinajstić information content (AvgIpc) is 3.00. The van der Waals surface area contributed by atoms with Gasteiger partial charge < -0.3 is 15.7 Å². The summed E-state index contributed by atoms with van der Waals surface area (Å²) < 4.78 is 1.72. The molecule has 8 nitrogen and oxygen atoms in total. The van der Waals surface area contributed by atoms with Crippen molar-refractivity contribution in [1.82, 2.24) is 20.4 Å². The van der Waals surface area contributed by atoms with Crippen LogP contribution in [0.3, 0.4) is 0 Å². The molecule has 28 heavy (non-hydrogen) atoms. The first-order valence-corrected chi connectivity index (χ1v) is 9.14. The minimum atomic E-state index is -1.09. The summed E-state index contributed by atoms with van der Waals surface area (Å²) in [6.45, 7) is 5.77. The van der Waals surface area contributed by atoms with E-state index in [1.807, 2.05) is 44.2 Å². The number of hydrogen-bond acceptors (Lipinski definition) is 4. The standard InChI is InChI=1S/C20H26N4O4/c1-13(2)9-17(20(27)28)23-18(25)11-21-19(26)16-10-22-24(14(16)3)12-15-7-5-4-6-8-15/h4-8,10,13,17H,9,11-12H2,1-3H3,(H,21,26)(H,23,25)(H,27,28)/t17-/m0/s1. The summed E-state index contributed by atoms with van der Waals surface area (Å²) in [5.74, 6) is -1.95. The predicted octanol–water partition coefficient (Wildman–Crippen LogP) is 1.59. The molecule has 1 aromatic heterocycles. The summed E-state index contributed by atoms with van der Waals surface area (Å²) >= 11 is 0. The van der Waals surface area contributed by atoms with E-state index < -0.39 is 23.8 Å². The molecule has 0 aliphatic carbocycles. The van der Waals surface area contributed by atoms with Crippen molar-refractivity contribution in [3.05, 3.63) is 53.3 Å². The maximum Gasteiger partial charge on any atom is 0.326 e. The molecule has 2 rings (SSSR count). The fourth-order valence-electron chi connectivity index (χ4n) is 2.78. The molecule has 0 bridgehead atoms. The van der Waals surface area contributed by atoms with Crippen LogP contribution in [0.2, 0.25) is 0 Å². The normalized spacial score (nSPS) is 11.9. The van der Waals surface area contributed by atoms with Gasteiger partial charge in [0, 0.05) is 5.69 Å². The summed E-state index contributed by atoms with van der Waals surface area (Å²) in [5.41, 5.74) is 2.12. The van der Waals surface area contributed by atoms with E-state index in [4.69, 9.17) is 0 Å². The van der Waals surface area contributed by atoms with Crippen LogP contribution in [-0.4, -0.2) is 45.3 Å². The highest BCUT2D eigenvalue weighted by Gasteiger charge is 2.22. The van der Waals surface area contributed by atoms with E-state index in [0.29, 0.717) is 24.2 Å². The van der Waals surface area contributed by atoms with E-state index in [-0.39, 0.29) is 12.5 Å². The monoisotopic (exact) mass is 386 g/mol. The zero-order valence-electron chi connectivity index (χ0n) is 16.3. The quantitative estimate of drug-likeness (QED) is 0.606. The minimum Gasteiger partial charge on any atom is -0.480 e. The molecular formula is C20H26N4O4. The van der Waals surface area contributed by atoms with E-state index in [9.17, 15) is 19.5 Å². The lowest BCUT2D eigenvalue weighted by Crippen LogP contribution is -2.46. The third-order valence-electron chi connectivity index (χ3n) is 4.27. The number of nitrogens with zero attached hydrogens (tertiary/aromatic N) is 2. The van der Waals surface area contributed by atoms with Gasteiger partial charge in [0.2, 0.25) is 5.91 Å². The molecule has 0 radical (unpaired) electrons. The van der Waals surface area contributed by atoms with E-state index in [0.717, 1.165) is 5.56 Å². The summed E-state index contributed by atoms with van der Waals surface area (Å²) in [6, 6.07) is 8.77. The Balaban J connectivity index is 1.92. The number of benzene rings is 1. The maximum atomic E-state index is 12.4. The van der Waals surface area contributed by atoms with Gasteiger partial charge in [-0.05, 0) is 24.8 Å². The Labute approximate surface area is 163 Å². The summed E-state index contributed by atoms with van der Waals surface area (Å²) in [6.07, 6.45) is 1.78. The molecule has 0 unspecified atom stereocenters. The molecule has 1 heterocycles. The molecule has 3 N–H and O–H groups in total.